The van der Waals surface area contributed by atoms with E-state index in [2.05, 4.69) is 4.98 Å². The van der Waals surface area contributed by atoms with Crippen LogP contribution in [0, 0.1) is 5.92 Å². The predicted octanol–water partition coefficient (Wildman–Crippen LogP) is 3.96. The molecule has 1 saturated carbocycles. The Labute approximate surface area is 108 Å². The highest BCUT2D eigenvalue weighted by Crippen LogP contribution is 2.36. The molecule has 0 atom stereocenters. The fourth-order valence-corrected chi connectivity index (χ4v) is 3.28. The van der Waals surface area contributed by atoms with Gasteiger partial charge >= 0.3 is 6.18 Å². The third-order valence-corrected chi connectivity index (χ3v) is 4.44. The molecule has 6 heteroatoms. The molecule has 1 aromatic rings. The van der Waals surface area contributed by atoms with E-state index in [0.717, 1.165) is 18.0 Å². The van der Waals surface area contributed by atoms with Crippen molar-refractivity contribution in [2.75, 3.05) is 11.5 Å². The van der Waals surface area contributed by atoms with E-state index in [4.69, 9.17) is 5.73 Å². The lowest BCUT2D eigenvalue weighted by atomic mass is 10.1. The molecule has 1 aliphatic carbocycles. The van der Waals surface area contributed by atoms with Gasteiger partial charge in [0.05, 0.1) is 11.9 Å². The average molecular weight is 276 g/mol. The third kappa shape index (κ3) is 3.31. The molecule has 0 aromatic carbocycles. The van der Waals surface area contributed by atoms with Crippen molar-refractivity contribution >= 4 is 17.4 Å². The van der Waals surface area contributed by atoms with E-state index in [1.807, 2.05) is 0 Å². The minimum atomic E-state index is -4.41. The lowest BCUT2D eigenvalue weighted by Crippen LogP contribution is -2.09. The number of rotatable bonds is 3. The number of hydrogen-bond acceptors (Lipinski definition) is 3. The molecule has 0 bridgehead atoms. The predicted molar refractivity (Wildman–Crippen MR) is 66.3 cm³/mol. The summed E-state index contributed by atoms with van der Waals surface area (Å²) in [5.74, 6) is 1.45. The van der Waals surface area contributed by atoms with Crippen molar-refractivity contribution in [1.82, 2.24) is 4.98 Å². The summed E-state index contributed by atoms with van der Waals surface area (Å²) in [4.78, 5) is 3.82. The number of nitrogens with two attached hydrogens (primary N) is 1. The van der Waals surface area contributed by atoms with Gasteiger partial charge in [-0.2, -0.15) is 13.2 Å². The van der Waals surface area contributed by atoms with Crippen LogP contribution in [0.15, 0.2) is 17.2 Å². The van der Waals surface area contributed by atoms with Crippen molar-refractivity contribution in [3.63, 3.8) is 0 Å². The molecule has 0 spiro atoms. The van der Waals surface area contributed by atoms with Gasteiger partial charge in [-0.3, -0.25) is 0 Å². The van der Waals surface area contributed by atoms with Crippen LogP contribution in [0.5, 0.6) is 0 Å². The third-order valence-electron chi connectivity index (χ3n) is 3.13. The number of pyridine rings is 1. The lowest BCUT2D eigenvalue weighted by Gasteiger charge is -2.12. The molecule has 1 heterocycles. The van der Waals surface area contributed by atoms with E-state index in [1.54, 1.807) is 0 Å². The number of nitrogen functional groups attached to an aromatic ring is 1. The van der Waals surface area contributed by atoms with Gasteiger partial charge in [0.1, 0.15) is 5.69 Å². The van der Waals surface area contributed by atoms with Crippen LogP contribution in [0.1, 0.15) is 31.4 Å². The monoisotopic (exact) mass is 276 g/mol. The molecule has 1 fully saturated rings. The molecular formula is C12H15F3N2S. The van der Waals surface area contributed by atoms with Gasteiger partial charge in [-0.25, -0.2) is 4.98 Å². The van der Waals surface area contributed by atoms with Crippen LogP contribution < -0.4 is 5.73 Å². The number of hydrogen-bond donors (Lipinski definition) is 1. The van der Waals surface area contributed by atoms with E-state index in [-0.39, 0.29) is 0 Å². The van der Waals surface area contributed by atoms with Crippen LogP contribution in [0.3, 0.4) is 0 Å². The van der Waals surface area contributed by atoms with Crippen molar-refractivity contribution in [1.29, 1.82) is 0 Å². The van der Waals surface area contributed by atoms with Crippen molar-refractivity contribution in [2.24, 2.45) is 5.92 Å². The van der Waals surface area contributed by atoms with Crippen LogP contribution in [0.25, 0.3) is 0 Å². The SMILES string of the molecule is Nc1cnc(C(F)(F)F)cc1SCC1CCCC1. The molecule has 0 aliphatic heterocycles. The van der Waals surface area contributed by atoms with E-state index in [1.165, 1.54) is 37.4 Å². The maximum Gasteiger partial charge on any atom is 0.433 e. The highest BCUT2D eigenvalue weighted by Gasteiger charge is 2.33. The number of nitrogens with zero attached hydrogens (tertiary/aromatic N) is 1. The summed E-state index contributed by atoms with van der Waals surface area (Å²) in [6, 6.07) is 1.05. The Bertz CT molecular complexity index is 414. The van der Waals surface area contributed by atoms with E-state index < -0.39 is 11.9 Å². The van der Waals surface area contributed by atoms with Crippen LogP contribution >= 0.6 is 11.8 Å². The quantitative estimate of drug-likeness (QED) is 0.849. The molecule has 0 saturated heterocycles. The molecule has 1 aliphatic rings. The van der Waals surface area contributed by atoms with Gasteiger partial charge in [-0.05, 0) is 24.8 Å². The standard InChI is InChI=1S/C12H15F3N2S/c13-12(14,15)11-5-10(9(16)6-17-11)18-7-8-3-1-2-4-8/h5-6,8H,1-4,7,16H2. The van der Waals surface area contributed by atoms with Crippen molar-refractivity contribution in [3.05, 3.63) is 18.0 Å². The molecule has 2 nitrogen and oxygen atoms in total. The summed E-state index contributed by atoms with van der Waals surface area (Å²) >= 11 is 1.41. The first-order chi connectivity index (χ1) is 8.47. The van der Waals surface area contributed by atoms with Crippen LogP contribution in [0.4, 0.5) is 18.9 Å². The van der Waals surface area contributed by atoms with E-state index in [9.17, 15) is 13.2 Å². The molecule has 0 amide bonds. The van der Waals surface area contributed by atoms with Gasteiger partial charge in [-0.15, -0.1) is 11.8 Å². The summed E-state index contributed by atoms with van der Waals surface area (Å²) in [5.41, 5.74) is 5.12. The van der Waals surface area contributed by atoms with E-state index in [0.29, 0.717) is 16.5 Å². The molecule has 100 valence electrons. The summed E-state index contributed by atoms with van der Waals surface area (Å²) in [6.07, 6.45) is 1.49. The first-order valence-corrected chi connectivity index (χ1v) is 6.91. The smallest absolute Gasteiger partial charge is 0.397 e. The highest BCUT2D eigenvalue weighted by atomic mass is 32.2. The zero-order valence-corrected chi connectivity index (χ0v) is 10.7. The van der Waals surface area contributed by atoms with Crippen molar-refractivity contribution in [2.45, 2.75) is 36.8 Å². The second-order valence-corrected chi connectivity index (χ2v) is 5.63. The Kier molecular flexibility index (Phi) is 4.04. The number of thioether (sulfide) groups is 1. The highest BCUT2D eigenvalue weighted by molar-refractivity contribution is 7.99. The molecule has 1 aromatic heterocycles. The summed E-state index contributed by atoms with van der Waals surface area (Å²) < 4.78 is 37.6. The molecule has 0 radical (unpaired) electrons. The van der Waals surface area contributed by atoms with Crippen LogP contribution in [-0.4, -0.2) is 10.7 Å². The number of aromatic nitrogens is 1. The molecule has 18 heavy (non-hydrogen) atoms. The first kappa shape index (κ1) is 13.5. The van der Waals surface area contributed by atoms with Gasteiger partial charge < -0.3 is 5.73 Å². The number of halogens is 3. The Morgan fingerprint density at radius 3 is 2.61 bits per heavy atom. The Morgan fingerprint density at radius 2 is 2.00 bits per heavy atom. The Morgan fingerprint density at radius 1 is 1.33 bits per heavy atom. The lowest BCUT2D eigenvalue weighted by molar-refractivity contribution is -0.141. The van der Waals surface area contributed by atoms with Crippen LogP contribution in [0.2, 0.25) is 0 Å². The summed E-state index contributed by atoms with van der Waals surface area (Å²) in [7, 11) is 0. The fourth-order valence-electron chi connectivity index (χ4n) is 2.11. The van der Waals surface area contributed by atoms with Gasteiger partial charge in [0.15, 0.2) is 0 Å². The fraction of sp³-hybridized carbons (Fsp3) is 0.583. The second kappa shape index (κ2) is 5.38. The summed E-state index contributed by atoms with van der Waals surface area (Å²) in [6.45, 7) is 0. The van der Waals surface area contributed by atoms with Gasteiger partial charge in [0.2, 0.25) is 0 Å². The van der Waals surface area contributed by atoms with Gasteiger partial charge in [0.25, 0.3) is 0 Å². The zero-order chi connectivity index (χ0) is 13.2. The minimum Gasteiger partial charge on any atom is -0.397 e. The molecule has 2 rings (SSSR count). The van der Waals surface area contributed by atoms with Gasteiger partial charge in [-0.1, -0.05) is 12.8 Å². The molecular weight excluding hydrogens is 261 g/mol. The Balaban J connectivity index is 2.06. The molecule has 0 unspecified atom stereocenters. The van der Waals surface area contributed by atoms with Crippen LogP contribution in [-0.2, 0) is 6.18 Å². The maximum atomic E-state index is 12.5. The molecule has 2 N–H and O–H groups in total. The van der Waals surface area contributed by atoms with Crippen molar-refractivity contribution < 1.29 is 13.2 Å². The van der Waals surface area contributed by atoms with Crippen molar-refractivity contribution in [3.8, 4) is 0 Å². The topological polar surface area (TPSA) is 38.9 Å². The zero-order valence-electron chi connectivity index (χ0n) is 9.83. The normalized spacial score (nSPS) is 17.3. The summed E-state index contributed by atoms with van der Waals surface area (Å²) in [5, 5.41) is 0. The number of alkyl halides is 3. The second-order valence-electron chi connectivity index (χ2n) is 4.57. The average Bonchev–Trinajstić information content (AvgIpc) is 2.79. The maximum absolute atomic E-state index is 12.5. The largest absolute Gasteiger partial charge is 0.433 e. The first-order valence-electron chi connectivity index (χ1n) is 5.92. The number of anilines is 1. The van der Waals surface area contributed by atoms with E-state index >= 15 is 0 Å². The van der Waals surface area contributed by atoms with Gasteiger partial charge in [0, 0.05) is 10.6 Å². The Hall–Kier alpha value is -0.910. The minimum absolute atomic E-state index is 0.325.